The van der Waals surface area contributed by atoms with Gasteiger partial charge in [0.25, 0.3) is 5.91 Å². The summed E-state index contributed by atoms with van der Waals surface area (Å²) < 4.78 is 36.6. The number of imidazole rings is 1. The minimum absolute atomic E-state index is 0.0223. The summed E-state index contributed by atoms with van der Waals surface area (Å²) in [4.78, 5) is 43.4. The Kier molecular flexibility index (Phi) is 7.05. The summed E-state index contributed by atoms with van der Waals surface area (Å²) in [6.07, 6.45) is 0.840. The zero-order valence-corrected chi connectivity index (χ0v) is 21.4. The molecule has 5 rings (SSSR count). The Morgan fingerprint density at radius 3 is 2.55 bits per heavy atom. The maximum atomic E-state index is 14.9. The lowest BCUT2D eigenvalue weighted by Gasteiger charge is -2.35. The van der Waals surface area contributed by atoms with Gasteiger partial charge in [-0.15, -0.1) is 0 Å². The molecule has 13 heteroatoms. The second kappa shape index (κ2) is 10.6. The summed E-state index contributed by atoms with van der Waals surface area (Å²) in [7, 11) is 1.41. The number of carbonyl (C=O) groups excluding carboxylic acids is 2. The van der Waals surface area contributed by atoms with Crippen LogP contribution in [0.3, 0.4) is 0 Å². The predicted molar refractivity (Wildman–Crippen MR) is 141 cm³/mol. The fraction of sp³-hybridized carbons (Fsp3) is 0.185. The summed E-state index contributed by atoms with van der Waals surface area (Å²) in [6.45, 7) is 2.01. The lowest BCUT2D eigenvalue weighted by atomic mass is 10.2. The summed E-state index contributed by atoms with van der Waals surface area (Å²) in [6, 6.07) is 11.7. The number of benzene rings is 2. The number of halogens is 2. The molecule has 40 heavy (non-hydrogen) atoms. The molecular weight excluding hydrogens is 526 g/mol. The van der Waals surface area contributed by atoms with Gasteiger partial charge in [0.2, 0.25) is 0 Å². The monoisotopic (exact) mass is 550 g/mol. The van der Waals surface area contributed by atoms with E-state index in [0.29, 0.717) is 0 Å². The minimum Gasteiger partial charge on any atom is -0.454 e. The summed E-state index contributed by atoms with van der Waals surface area (Å²) in [5, 5.41) is 14.5. The van der Waals surface area contributed by atoms with Crippen LogP contribution in [-0.2, 0) is 7.05 Å². The number of ether oxygens (including phenoxy) is 1. The number of aliphatic hydroxyl groups is 1. The second-order valence-electron chi connectivity index (χ2n) is 9.16. The number of nitrogens with zero attached hydrogens (tertiary/aromatic N) is 4. The lowest BCUT2D eigenvalue weighted by molar-refractivity contribution is 0.0308. The molecule has 1 aliphatic heterocycles. The molecule has 2 aromatic carbocycles. The van der Waals surface area contributed by atoms with Crippen LogP contribution in [0.15, 0.2) is 65.6 Å². The number of carbonyl (C=O) groups is 2. The van der Waals surface area contributed by atoms with E-state index in [1.165, 1.54) is 65.2 Å². The topological polar surface area (TPSA) is 131 Å². The molecule has 3 N–H and O–H groups in total. The van der Waals surface area contributed by atoms with Crippen molar-refractivity contribution in [3.05, 3.63) is 94.3 Å². The zero-order valence-electron chi connectivity index (χ0n) is 21.4. The third kappa shape index (κ3) is 5.27. The number of anilines is 2. The number of aliphatic hydroxyl groups excluding tert-OH is 1. The first-order valence-electron chi connectivity index (χ1n) is 12.1. The molecule has 1 fully saturated rings. The molecule has 0 unspecified atom stereocenters. The standard InChI is InChI=1S/C27H24F2N6O5/c1-15-24(33(2)27(39)35(15)18-5-3-4-16(28)10-18)25(37)31-17-6-7-22(21(29)11-17)40-20-8-9-30-23(12-20)32-26(38)34-13-19(36)14-34/h3-12,19,36H,13-14H2,1-2H3,(H,31,37)(H,30,32,38). The first-order valence-corrected chi connectivity index (χ1v) is 12.1. The Hall–Kier alpha value is -5.04. The van der Waals surface area contributed by atoms with E-state index < -0.39 is 35.4 Å². The normalized spacial score (nSPS) is 13.1. The zero-order chi connectivity index (χ0) is 28.6. The van der Waals surface area contributed by atoms with E-state index >= 15 is 0 Å². The number of nitrogens with one attached hydrogen (secondary N) is 2. The van der Waals surface area contributed by atoms with Crippen LogP contribution >= 0.6 is 0 Å². The number of β-amino-alcohol motifs (C(OH)–C–C–N with tert-alkyl or cyclic N) is 1. The van der Waals surface area contributed by atoms with Crippen molar-refractivity contribution in [2.75, 3.05) is 23.7 Å². The summed E-state index contributed by atoms with van der Waals surface area (Å²) in [5.74, 6) is -1.74. The smallest absolute Gasteiger partial charge is 0.333 e. The van der Waals surface area contributed by atoms with Crippen molar-refractivity contribution in [1.82, 2.24) is 19.0 Å². The molecule has 0 saturated carbocycles. The highest BCUT2D eigenvalue weighted by Gasteiger charge is 2.29. The van der Waals surface area contributed by atoms with E-state index in [2.05, 4.69) is 15.6 Å². The third-order valence-electron chi connectivity index (χ3n) is 6.31. The molecule has 11 nitrogen and oxygen atoms in total. The van der Waals surface area contributed by atoms with Crippen LogP contribution < -0.4 is 21.1 Å². The van der Waals surface area contributed by atoms with Gasteiger partial charge in [-0.2, -0.15) is 0 Å². The van der Waals surface area contributed by atoms with E-state index in [9.17, 15) is 28.3 Å². The van der Waals surface area contributed by atoms with E-state index in [0.717, 1.165) is 10.6 Å². The van der Waals surface area contributed by atoms with Crippen molar-refractivity contribution >= 4 is 23.4 Å². The highest BCUT2D eigenvalue weighted by molar-refractivity contribution is 6.04. The van der Waals surface area contributed by atoms with Crippen LogP contribution in [0.4, 0.5) is 25.1 Å². The molecular formula is C27H24F2N6O5. The van der Waals surface area contributed by atoms with Crippen LogP contribution in [0.2, 0.25) is 0 Å². The molecule has 206 valence electrons. The van der Waals surface area contributed by atoms with Crippen LogP contribution in [0.25, 0.3) is 5.69 Å². The van der Waals surface area contributed by atoms with E-state index in [1.807, 2.05) is 0 Å². The van der Waals surface area contributed by atoms with Crippen molar-refractivity contribution in [2.24, 2.45) is 7.05 Å². The highest BCUT2D eigenvalue weighted by atomic mass is 19.1. The second-order valence-corrected chi connectivity index (χ2v) is 9.16. The van der Waals surface area contributed by atoms with Crippen molar-refractivity contribution in [3.63, 3.8) is 0 Å². The molecule has 0 spiro atoms. The molecule has 0 radical (unpaired) electrons. The molecule has 0 aliphatic carbocycles. The maximum absolute atomic E-state index is 14.9. The van der Waals surface area contributed by atoms with Crippen molar-refractivity contribution < 1.29 is 28.2 Å². The first-order chi connectivity index (χ1) is 19.1. The number of likely N-dealkylation sites (tertiary alicyclic amines) is 1. The molecule has 3 amide bonds. The first kappa shape index (κ1) is 26.6. The van der Waals surface area contributed by atoms with E-state index in [4.69, 9.17) is 4.74 Å². The van der Waals surface area contributed by atoms with E-state index in [1.54, 1.807) is 13.0 Å². The molecule has 1 saturated heterocycles. The van der Waals surface area contributed by atoms with Crippen molar-refractivity contribution in [2.45, 2.75) is 13.0 Å². The minimum atomic E-state index is -0.780. The van der Waals surface area contributed by atoms with Gasteiger partial charge in [-0.25, -0.2) is 23.4 Å². The Morgan fingerprint density at radius 2 is 1.85 bits per heavy atom. The van der Waals surface area contributed by atoms with E-state index in [-0.39, 0.29) is 53.2 Å². The van der Waals surface area contributed by atoms with Gasteiger partial charge in [0.15, 0.2) is 11.6 Å². The van der Waals surface area contributed by atoms with Crippen molar-refractivity contribution in [3.8, 4) is 17.2 Å². The molecule has 0 atom stereocenters. The molecule has 0 bridgehead atoms. The summed E-state index contributed by atoms with van der Waals surface area (Å²) in [5.41, 5.74) is 0.136. The van der Waals surface area contributed by atoms with Crippen molar-refractivity contribution in [1.29, 1.82) is 0 Å². The van der Waals surface area contributed by atoms with Gasteiger partial charge in [0.1, 0.15) is 23.1 Å². The number of hydrogen-bond acceptors (Lipinski definition) is 6. The SMILES string of the molecule is Cc1c(C(=O)Nc2ccc(Oc3ccnc(NC(=O)N4CC(O)C4)c3)c(F)c2)n(C)c(=O)n1-c1cccc(F)c1. The fourth-order valence-electron chi connectivity index (χ4n) is 4.31. The van der Waals surface area contributed by atoms with Gasteiger partial charge in [-0.05, 0) is 43.3 Å². The average molecular weight is 551 g/mol. The van der Waals surface area contributed by atoms with Crippen LogP contribution in [-0.4, -0.2) is 55.3 Å². The largest absolute Gasteiger partial charge is 0.454 e. The number of aromatic nitrogens is 3. The van der Waals surface area contributed by atoms with Gasteiger partial charge in [0, 0.05) is 31.1 Å². The number of rotatable bonds is 6. The van der Waals surface area contributed by atoms with Gasteiger partial charge < -0.3 is 20.1 Å². The molecule has 2 aromatic heterocycles. The Bertz CT molecular complexity index is 1680. The number of amides is 3. The predicted octanol–water partition coefficient (Wildman–Crippen LogP) is 3.41. The fourth-order valence-corrected chi connectivity index (χ4v) is 4.31. The van der Waals surface area contributed by atoms with Crippen LogP contribution in [0, 0.1) is 18.6 Å². The number of pyridine rings is 1. The Balaban J connectivity index is 1.29. The molecule has 4 aromatic rings. The number of hydrogen-bond donors (Lipinski definition) is 3. The summed E-state index contributed by atoms with van der Waals surface area (Å²) >= 11 is 0. The van der Waals surface area contributed by atoms with Gasteiger partial charge in [0.05, 0.1) is 30.6 Å². The lowest BCUT2D eigenvalue weighted by Crippen LogP contribution is -2.54. The van der Waals surface area contributed by atoms with Crippen LogP contribution in [0.1, 0.15) is 16.2 Å². The Morgan fingerprint density at radius 1 is 1.07 bits per heavy atom. The van der Waals surface area contributed by atoms with Crippen LogP contribution in [0.5, 0.6) is 11.5 Å². The van der Waals surface area contributed by atoms with Gasteiger partial charge in [-0.1, -0.05) is 6.07 Å². The number of urea groups is 1. The quantitative estimate of drug-likeness (QED) is 0.337. The highest BCUT2D eigenvalue weighted by Crippen LogP contribution is 2.28. The average Bonchev–Trinajstić information content (AvgIpc) is 3.11. The Labute approximate surface area is 226 Å². The maximum Gasteiger partial charge on any atom is 0.333 e. The van der Waals surface area contributed by atoms with Gasteiger partial charge in [-0.3, -0.25) is 19.2 Å². The van der Waals surface area contributed by atoms with Gasteiger partial charge >= 0.3 is 11.7 Å². The third-order valence-corrected chi connectivity index (χ3v) is 6.31. The molecule has 1 aliphatic rings. The molecule has 3 heterocycles.